The van der Waals surface area contributed by atoms with Gasteiger partial charge in [0.15, 0.2) is 0 Å². The maximum absolute atomic E-state index is 15.0. The van der Waals surface area contributed by atoms with Gasteiger partial charge < -0.3 is 9.47 Å². The lowest BCUT2D eigenvalue weighted by atomic mass is 10.1. The molecule has 1 saturated carbocycles. The van der Waals surface area contributed by atoms with E-state index in [2.05, 4.69) is 9.85 Å². The highest BCUT2D eigenvalue weighted by molar-refractivity contribution is 7.12. The number of nitrogens with zero attached hydrogens (tertiary/aromatic N) is 2. The van der Waals surface area contributed by atoms with Gasteiger partial charge in [0.05, 0.1) is 18.3 Å². The molecular weight excluding hydrogens is 383 g/mol. The number of aromatic nitrogens is 2. The Morgan fingerprint density at radius 2 is 2.14 bits per heavy atom. The predicted molar refractivity (Wildman–Crippen MR) is 107 cm³/mol. The van der Waals surface area contributed by atoms with E-state index in [9.17, 15) is 14.0 Å². The Hall–Kier alpha value is -2.65. The van der Waals surface area contributed by atoms with Crippen LogP contribution in [0, 0.1) is 5.82 Å². The Bertz CT molecular complexity index is 1240. The number of hydrogen-bond donors (Lipinski definition) is 2. The summed E-state index contributed by atoms with van der Waals surface area (Å²) < 4.78 is 19.7. The maximum Gasteiger partial charge on any atom is 0.271 e. The zero-order valence-electron chi connectivity index (χ0n) is 15.3. The Morgan fingerprint density at radius 3 is 2.82 bits per heavy atom. The van der Waals surface area contributed by atoms with E-state index in [1.807, 2.05) is 15.5 Å². The second-order valence-electron chi connectivity index (χ2n) is 7.20. The lowest BCUT2D eigenvalue weighted by Gasteiger charge is -2.29. The van der Waals surface area contributed by atoms with Gasteiger partial charge in [0.25, 0.3) is 5.56 Å². The van der Waals surface area contributed by atoms with E-state index in [-0.39, 0.29) is 16.8 Å². The van der Waals surface area contributed by atoms with E-state index in [0.717, 1.165) is 18.5 Å². The van der Waals surface area contributed by atoms with Crippen LogP contribution in [0.5, 0.6) is 0 Å². The van der Waals surface area contributed by atoms with Gasteiger partial charge in [0.2, 0.25) is 5.43 Å². The largest absolute Gasteiger partial charge is 0.365 e. The van der Waals surface area contributed by atoms with Crippen LogP contribution in [0.4, 0.5) is 10.1 Å². The minimum atomic E-state index is -0.450. The van der Waals surface area contributed by atoms with Crippen LogP contribution in [0.15, 0.2) is 33.5 Å². The van der Waals surface area contributed by atoms with Gasteiger partial charge in [0, 0.05) is 36.6 Å². The van der Waals surface area contributed by atoms with Crippen LogP contribution in [0.2, 0.25) is 0 Å². The fourth-order valence-electron chi connectivity index (χ4n) is 3.89. The average Bonchev–Trinajstić information content (AvgIpc) is 3.45. The standard InChI is InChI=1S/C19H19FN4O3S/c1-27-21-10-4-6-23(7-5-10)15-9-14-12(8-13(15)20)17(25)16-18(26)22-28-19(16)24(14)11-2-3-11/h4,8-9,11,21H,2-3,5-7H2,1H3,(H,22,26). The first-order chi connectivity index (χ1) is 13.6. The van der Waals surface area contributed by atoms with Crippen LogP contribution in [-0.4, -0.2) is 29.1 Å². The minimum Gasteiger partial charge on any atom is -0.365 e. The zero-order chi connectivity index (χ0) is 19.4. The van der Waals surface area contributed by atoms with Gasteiger partial charge in [-0.15, -0.1) is 0 Å². The topological polar surface area (TPSA) is 79.4 Å². The zero-order valence-corrected chi connectivity index (χ0v) is 16.1. The third kappa shape index (κ3) is 2.65. The number of benzene rings is 1. The monoisotopic (exact) mass is 402 g/mol. The molecule has 0 unspecified atom stereocenters. The number of H-pyrrole nitrogens is 1. The van der Waals surface area contributed by atoms with Crippen molar-refractivity contribution in [2.45, 2.75) is 25.3 Å². The van der Waals surface area contributed by atoms with Crippen LogP contribution in [0.1, 0.15) is 25.3 Å². The molecule has 1 aromatic carbocycles. The minimum absolute atomic E-state index is 0.132. The van der Waals surface area contributed by atoms with Crippen molar-refractivity contribution < 1.29 is 9.23 Å². The fraction of sp³-hybridized carbons (Fsp3) is 0.368. The normalized spacial score (nSPS) is 17.4. The van der Waals surface area contributed by atoms with Gasteiger partial charge in [-0.3, -0.25) is 24.3 Å². The van der Waals surface area contributed by atoms with Crippen LogP contribution in [-0.2, 0) is 4.84 Å². The first-order valence-corrected chi connectivity index (χ1v) is 10.0. The summed E-state index contributed by atoms with van der Waals surface area (Å²) in [5.41, 5.74) is 4.15. The molecule has 146 valence electrons. The van der Waals surface area contributed by atoms with Crippen molar-refractivity contribution in [3.05, 3.63) is 50.3 Å². The Balaban J connectivity index is 1.70. The molecule has 3 aromatic rings. The van der Waals surface area contributed by atoms with E-state index in [1.54, 1.807) is 13.2 Å². The van der Waals surface area contributed by atoms with Crippen LogP contribution in [0.3, 0.4) is 0 Å². The van der Waals surface area contributed by atoms with Gasteiger partial charge in [0.1, 0.15) is 16.0 Å². The SMILES string of the molecule is CONC1=CCN(c2cc3c(cc2F)c(=O)c2c(=O)[nH]sc2n3C2CC2)CC1. The fourth-order valence-corrected chi connectivity index (χ4v) is 4.81. The molecule has 0 spiro atoms. The van der Waals surface area contributed by atoms with Crippen molar-refractivity contribution in [1.29, 1.82) is 0 Å². The summed E-state index contributed by atoms with van der Waals surface area (Å²) in [5.74, 6) is -0.450. The number of pyridine rings is 1. The highest BCUT2D eigenvalue weighted by atomic mass is 32.1. The number of hydrogen-bond acceptors (Lipinski definition) is 6. The van der Waals surface area contributed by atoms with Crippen LogP contribution < -0.4 is 21.4 Å². The summed E-state index contributed by atoms with van der Waals surface area (Å²) in [5, 5.41) is 0.395. The third-order valence-electron chi connectivity index (χ3n) is 5.39. The lowest BCUT2D eigenvalue weighted by molar-refractivity contribution is 0.114. The molecular formula is C19H19FN4O3S. The molecule has 5 rings (SSSR count). The molecule has 2 aliphatic rings. The number of nitrogens with one attached hydrogen (secondary N) is 2. The molecule has 0 atom stereocenters. The molecule has 7 nitrogen and oxygen atoms in total. The van der Waals surface area contributed by atoms with Gasteiger partial charge in [-0.2, -0.15) is 0 Å². The van der Waals surface area contributed by atoms with Crippen molar-refractivity contribution in [1.82, 2.24) is 14.4 Å². The smallest absolute Gasteiger partial charge is 0.271 e. The molecule has 1 fully saturated rings. The molecule has 28 heavy (non-hydrogen) atoms. The number of fused-ring (bicyclic) bond motifs is 2. The molecule has 2 aromatic heterocycles. The Kier molecular flexibility index (Phi) is 4.02. The van der Waals surface area contributed by atoms with Crippen molar-refractivity contribution >= 4 is 38.3 Å². The third-order valence-corrected chi connectivity index (χ3v) is 6.27. The van der Waals surface area contributed by atoms with Crippen molar-refractivity contribution in [3.8, 4) is 0 Å². The molecule has 3 heterocycles. The van der Waals surface area contributed by atoms with E-state index in [4.69, 9.17) is 4.84 Å². The van der Waals surface area contributed by atoms with Crippen LogP contribution in [0.25, 0.3) is 21.1 Å². The summed E-state index contributed by atoms with van der Waals surface area (Å²) in [6.45, 7) is 1.18. The van der Waals surface area contributed by atoms with E-state index < -0.39 is 16.8 Å². The first kappa shape index (κ1) is 17.4. The van der Waals surface area contributed by atoms with E-state index in [0.29, 0.717) is 35.5 Å². The molecule has 9 heteroatoms. The summed E-state index contributed by atoms with van der Waals surface area (Å²) in [6, 6.07) is 3.29. The lowest BCUT2D eigenvalue weighted by Crippen LogP contribution is -2.32. The van der Waals surface area contributed by atoms with E-state index >= 15 is 0 Å². The molecule has 0 radical (unpaired) electrons. The van der Waals surface area contributed by atoms with Crippen molar-refractivity contribution in [2.24, 2.45) is 0 Å². The quantitative estimate of drug-likeness (QED) is 0.656. The first-order valence-electron chi connectivity index (χ1n) is 9.20. The van der Waals surface area contributed by atoms with E-state index in [1.165, 1.54) is 17.6 Å². The maximum atomic E-state index is 15.0. The number of anilines is 1. The molecule has 1 aliphatic carbocycles. The second-order valence-corrected chi connectivity index (χ2v) is 7.99. The number of hydroxylamine groups is 1. The summed E-state index contributed by atoms with van der Waals surface area (Å²) in [6.07, 6.45) is 4.65. The van der Waals surface area contributed by atoms with Crippen molar-refractivity contribution in [3.63, 3.8) is 0 Å². The van der Waals surface area contributed by atoms with Crippen molar-refractivity contribution in [2.75, 3.05) is 25.1 Å². The average molecular weight is 402 g/mol. The van der Waals surface area contributed by atoms with Gasteiger partial charge in [-0.1, -0.05) is 0 Å². The van der Waals surface area contributed by atoms with Gasteiger partial charge in [-0.05, 0) is 42.6 Å². The molecule has 0 saturated heterocycles. The summed E-state index contributed by atoms with van der Waals surface area (Å²) in [7, 11) is 1.56. The molecule has 1 aliphatic heterocycles. The second kappa shape index (κ2) is 6.46. The highest BCUT2D eigenvalue weighted by Crippen LogP contribution is 2.40. The molecule has 0 amide bonds. The van der Waals surface area contributed by atoms with Gasteiger partial charge >= 0.3 is 0 Å². The summed E-state index contributed by atoms with van der Waals surface area (Å²) in [4.78, 5) is 32.5. The van der Waals surface area contributed by atoms with Gasteiger partial charge in [-0.25, -0.2) is 4.39 Å². The molecule has 2 N–H and O–H groups in total. The molecule has 0 bridgehead atoms. The predicted octanol–water partition coefficient (Wildman–Crippen LogP) is 2.62. The Morgan fingerprint density at radius 1 is 1.32 bits per heavy atom. The number of aromatic amines is 1. The number of rotatable bonds is 4. The Labute approximate surface area is 163 Å². The highest BCUT2D eigenvalue weighted by Gasteiger charge is 2.29. The van der Waals surface area contributed by atoms with Crippen LogP contribution >= 0.6 is 11.5 Å². The summed E-state index contributed by atoms with van der Waals surface area (Å²) >= 11 is 1.18. The number of halogens is 1.